The van der Waals surface area contributed by atoms with E-state index in [1.165, 1.54) is 16.8 Å². The minimum atomic E-state index is -4.55. The SMILES string of the molecule is CCC=Cn1c(=O)cc(C(F)(F)F)c2cc(CCC)ccc21. The third-order valence-corrected chi connectivity index (χ3v) is 3.45. The van der Waals surface area contributed by atoms with Gasteiger partial charge < -0.3 is 0 Å². The summed E-state index contributed by atoms with van der Waals surface area (Å²) in [6.45, 7) is 3.87. The van der Waals surface area contributed by atoms with Gasteiger partial charge in [0.15, 0.2) is 0 Å². The number of allylic oxidation sites excluding steroid dienone is 1. The van der Waals surface area contributed by atoms with E-state index in [0.717, 1.165) is 12.0 Å². The van der Waals surface area contributed by atoms with Crippen molar-refractivity contribution in [3.05, 3.63) is 51.8 Å². The number of halogens is 3. The fourth-order valence-electron chi connectivity index (χ4n) is 2.44. The highest BCUT2D eigenvalue weighted by molar-refractivity contribution is 5.85. The van der Waals surface area contributed by atoms with Crippen molar-refractivity contribution in [3.8, 4) is 0 Å². The minimum absolute atomic E-state index is 0.0683. The molecular weight excluding hydrogens is 291 g/mol. The molecule has 1 heterocycles. The molecule has 1 aromatic carbocycles. The molecule has 2 aromatic rings. The van der Waals surface area contributed by atoms with Crippen LogP contribution in [0.25, 0.3) is 17.1 Å². The average Bonchev–Trinajstić information content (AvgIpc) is 2.45. The molecule has 5 heteroatoms. The van der Waals surface area contributed by atoms with Crippen molar-refractivity contribution >= 4 is 17.1 Å². The number of aryl methyl sites for hydroxylation is 1. The number of pyridine rings is 1. The summed E-state index contributed by atoms with van der Waals surface area (Å²) >= 11 is 0. The maximum Gasteiger partial charge on any atom is 0.417 e. The molecule has 0 aliphatic heterocycles. The van der Waals surface area contributed by atoms with Crippen molar-refractivity contribution in [1.82, 2.24) is 4.57 Å². The number of rotatable bonds is 4. The number of nitrogens with zero attached hydrogens (tertiary/aromatic N) is 1. The number of aromatic nitrogens is 1. The summed E-state index contributed by atoms with van der Waals surface area (Å²) in [4.78, 5) is 12.0. The first-order valence-corrected chi connectivity index (χ1v) is 7.30. The van der Waals surface area contributed by atoms with Crippen LogP contribution in [0.4, 0.5) is 13.2 Å². The van der Waals surface area contributed by atoms with Gasteiger partial charge in [-0.2, -0.15) is 13.2 Å². The van der Waals surface area contributed by atoms with Crippen molar-refractivity contribution in [2.75, 3.05) is 0 Å². The Labute approximate surface area is 126 Å². The fraction of sp³-hybridized carbons (Fsp3) is 0.353. The number of fused-ring (bicyclic) bond motifs is 1. The van der Waals surface area contributed by atoms with Crippen LogP contribution in [-0.4, -0.2) is 4.57 Å². The quantitative estimate of drug-likeness (QED) is 0.791. The van der Waals surface area contributed by atoms with E-state index in [-0.39, 0.29) is 10.9 Å². The molecule has 1 aromatic heterocycles. The van der Waals surface area contributed by atoms with E-state index in [0.29, 0.717) is 18.9 Å². The lowest BCUT2D eigenvalue weighted by Gasteiger charge is -2.14. The first-order chi connectivity index (χ1) is 10.4. The second kappa shape index (κ2) is 6.38. The largest absolute Gasteiger partial charge is 0.417 e. The zero-order chi connectivity index (χ0) is 16.3. The molecule has 0 aliphatic carbocycles. The first kappa shape index (κ1) is 16.3. The average molecular weight is 309 g/mol. The molecule has 0 N–H and O–H groups in total. The fourth-order valence-corrected chi connectivity index (χ4v) is 2.44. The summed E-state index contributed by atoms with van der Waals surface area (Å²) in [6, 6.07) is 5.59. The Morgan fingerprint density at radius 1 is 1.18 bits per heavy atom. The Bertz CT molecular complexity index is 757. The van der Waals surface area contributed by atoms with Gasteiger partial charge in [0, 0.05) is 17.7 Å². The van der Waals surface area contributed by atoms with Gasteiger partial charge in [-0.25, -0.2) is 0 Å². The van der Waals surface area contributed by atoms with Crippen LogP contribution >= 0.6 is 0 Å². The van der Waals surface area contributed by atoms with Crippen molar-refractivity contribution in [2.45, 2.75) is 39.3 Å². The van der Waals surface area contributed by atoms with Gasteiger partial charge in [-0.3, -0.25) is 9.36 Å². The summed E-state index contributed by atoms with van der Waals surface area (Å²) in [5.41, 5.74) is -0.422. The highest BCUT2D eigenvalue weighted by Crippen LogP contribution is 2.34. The third kappa shape index (κ3) is 3.24. The van der Waals surface area contributed by atoms with Crippen LogP contribution in [0.15, 0.2) is 35.1 Å². The van der Waals surface area contributed by atoms with Gasteiger partial charge in [-0.15, -0.1) is 0 Å². The van der Waals surface area contributed by atoms with Gasteiger partial charge in [-0.05, 0) is 30.5 Å². The maximum atomic E-state index is 13.2. The molecule has 2 nitrogen and oxygen atoms in total. The smallest absolute Gasteiger partial charge is 0.284 e. The molecule has 0 aliphatic rings. The predicted octanol–water partition coefficient (Wildman–Crippen LogP) is 4.85. The lowest BCUT2D eigenvalue weighted by atomic mass is 10.0. The molecule has 0 radical (unpaired) electrons. The molecule has 0 saturated heterocycles. The topological polar surface area (TPSA) is 22.0 Å². The van der Waals surface area contributed by atoms with Crippen LogP contribution in [0.1, 0.15) is 37.8 Å². The van der Waals surface area contributed by atoms with Crippen molar-refractivity contribution in [2.24, 2.45) is 0 Å². The summed E-state index contributed by atoms with van der Waals surface area (Å²) in [6.07, 6.45) is 0.983. The van der Waals surface area contributed by atoms with E-state index in [1.54, 1.807) is 18.2 Å². The van der Waals surface area contributed by atoms with Gasteiger partial charge in [0.2, 0.25) is 0 Å². The molecule has 2 rings (SSSR count). The van der Waals surface area contributed by atoms with Crippen LogP contribution in [0.5, 0.6) is 0 Å². The van der Waals surface area contributed by atoms with E-state index in [9.17, 15) is 18.0 Å². The molecule has 0 amide bonds. The molecule has 22 heavy (non-hydrogen) atoms. The van der Waals surface area contributed by atoms with Gasteiger partial charge in [-0.1, -0.05) is 32.4 Å². The van der Waals surface area contributed by atoms with Gasteiger partial charge in [0.05, 0.1) is 11.1 Å². The Kier molecular flexibility index (Phi) is 4.74. The van der Waals surface area contributed by atoms with E-state index < -0.39 is 17.3 Å². The maximum absolute atomic E-state index is 13.2. The summed E-state index contributed by atoms with van der Waals surface area (Å²) < 4.78 is 41.0. The Morgan fingerprint density at radius 3 is 2.50 bits per heavy atom. The Balaban J connectivity index is 2.82. The number of benzene rings is 1. The number of hydrogen-bond acceptors (Lipinski definition) is 1. The summed E-state index contributed by atoms with van der Waals surface area (Å²) in [5, 5.41) is 0.0683. The second-order valence-corrected chi connectivity index (χ2v) is 5.16. The van der Waals surface area contributed by atoms with E-state index >= 15 is 0 Å². The van der Waals surface area contributed by atoms with Gasteiger partial charge >= 0.3 is 6.18 Å². The second-order valence-electron chi connectivity index (χ2n) is 5.16. The molecule has 0 bridgehead atoms. The highest BCUT2D eigenvalue weighted by atomic mass is 19.4. The number of alkyl halides is 3. The van der Waals surface area contributed by atoms with Crippen LogP contribution in [-0.2, 0) is 12.6 Å². The zero-order valence-corrected chi connectivity index (χ0v) is 12.6. The normalized spacial score (nSPS) is 12.4. The molecule has 118 valence electrons. The number of hydrogen-bond donors (Lipinski definition) is 0. The molecular formula is C17H18F3NO. The van der Waals surface area contributed by atoms with Gasteiger partial charge in [0.1, 0.15) is 0 Å². The van der Waals surface area contributed by atoms with E-state index in [2.05, 4.69) is 0 Å². The van der Waals surface area contributed by atoms with Gasteiger partial charge in [0.25, 0.3) is 5.56 Å². The van der Waals surface area contributed by atoms with Crippen LogP contribution in [0, 0.1) is 0 Å². The predicted molar refractivity (Wildman–Crippen MR) is 82.8 cm³/mol. The highest BCUT2D eigenvalue weighted by Gasteiger charge is 2.33. The van der Waals surface area contributed by atoms with Crippen molar-refractivity contribution in [1.29, 1.82) is 0 Å². The third-order valence-electron chi connectivity index (χ3n) is 3.45. The van der Waals surface area contributed by atoms with Crippen molar-refractivity contribution < 1.29 is 13.2 Å². The lowest BCUT2D eigenvalue weighted by molar-refractivity contribution is -0.136. The lowest BCUT2D eigenvalue weighted by Crippen LogP contribution is -2.20. The summed E-state index contributed by atoms with van der Waals surface area (Å²) in [7, 11) is 0. The van der Waals surface area contributed by atoms with Crippen LogP contribution in [0.3, 0.4) is 0 Å². The van der Waals surface area contributed by atoms with Crippen molar-refractivity contribution in [3.63, 3.8) is 0 Å². The molecule has 0 saturated carbocycles. The molecule has 0 spiro atoms. The minimum Gasteiger partial charge on any atom is -0.284 e. The Morgan fingerprint density at radius 2 is 1.91 bits per heavy atom. The summed E-state index contributed by atoms with van der Waals surface area (Å²) in [5.74, 6) is 0. The molecule has 0 fully saturated rings. The Hall–Kier alpha value is -2.04. The molecule has 0 atom stereocenters. The monoisotopic (exact) mass is 309 g/mol. The molecule has 0 unspecified atom stereocenters. The van der Waals surface area contributed by atoms with E-state index in [4.69, 9.17) is 0 Å². The van der Waals surface area contributed by atoms with Crippen LogP contribution in [0.2, 0.25) is 0 Å². The standard InChI is InChI=1S/C17H18F3NO/c1-3-5-9-21-15-8-7-12(6-4-2)10-13(15)14(11-16(21)22)17(18,19)20/h5,7-11H,3-4,6H2,1-2H3. The van der Waals surface area contributed by atoms with Crippen LogP contribution < -0.4 is 5.56 Å². The first-order valence-electron chi connectivity index (χ1n) is 7.30. The van der Waals surface area contributed by atoms with E-state index in [1.807, 2.05) is 13.8 Å². The zero-order valence-electron chi connectivity index (χ0n) is 12.6.